The monoisotopic (exact) mass is 248 g/mol. The first kappa shape index (κ1) is 11.0. The van der Waals surface area contributed by atoms with Crippen LogP contribution in [0.1, 0.15) is 12.8 Å². The van der Waals surface area contributed by atoms with E-state index in [1.165, 1.54) is 12.8 Å². The topological polar surface area (TPSA) is 24.5 Å². The van der Waals surface area contributed by atoms with E-state index in [1.807, 2.05) is 30.3 Å². The Morgan fingerprint density at radius 2 is 1.82 bits per heavy atom. The van der Waals surface area contributed by atoms with E-state index >= 15 is 0 Å². The number of hydrogen-bond acceptors (Lipinski definition) is 2. The summed E-state index contributed by atoms with van der Waals surface area (Å²) in [5, 5.41) is 4.10. The maximum absolute atomic E-state index is 5.80. The van der Waals surface area contributed by atoms with Crippen molar-refractivity contribution < 1.29 is 4.74 Å². The molecule has 2 heterocycles. The predicted octanol–water partition coefficient (Wildman–Crippen LogP) is 2.25. The van der Waals surface area contributed by atoms with Crippen molar-refractivity contribution in [3.63, 3.8) is 0 Å². The Bertz CT molecular complexity index is 397. The number of morpholine rings is 1. The van der Waals surface area contributed by atoms with Gasteiger partial charge in [-0.3, -0.25) is 0 Å². The number of hydrogen-bond donors (Lipinski definition) is 1. The lowest BCUT2D eigenvalue weighted by Crippen LogP contribution is -2.47. The Morgan fingerprint density at radius 3 is 2.47 bits per heavy atom. The van der Waals surface area contributed by atoms with E-state index < -0.39 is 0 Å². The Hall–Kier alpha value is -1.13. The number of likely N-dealkylation sites (tertiary alicyclic amines) is 1. The van der Waals surface area contributed by atoms with Crippen molar-refractivity contribution in [2.24, 2.45) is 0 Å². The smallest absolute Gasteiger partial charge is 0.173 e. The van der Waals surface area contributed by atoms with Gasteiger partial charge in [0.1, 0.15) is 0 Å². The molecular weight excluding hydrogens is 232 g/mol. The maximum Gasteiger partial charge on any atom is 0.173 e. The molecule has 2 atom stereocenters. The Kier molecular flexibility index (Phi) is 2.99. The highest BCUT2D eigenvalue weighted by Gasteiger charge is 2.34. The lowest BCUT2D eigenvalue weighted by atomic mass is 10.2. The van der Waals surface area contributed by atoms with E-state index in [9.17, 15) is 0 Å². The van der Waals surface area contributed by atoms with E-state index in [2.05, 4.69) is 10.2 Å². The molecule has 2 saturated heterocycles. The molecule has 2 unspecified atom stereocenters. The van der Waals surface area contributed by atoms with Crippen molar-refractivity contribution in [1.82, 2.24) is 4.90 Å². The zero-order valence-electron chi connectivity index (χ0n) is 9.63. The van der Waals surface area contributed by atoms with E-state index in [0.717, 1.165) is 23.9 Å². The number of benzene rings is 1. The normalized spacial score (nSPS) is 26.9. The van der Waals surface area contributed by atoms with Crippen LogP contribution in [0.5, 0.6) is 0 Å². The highest BCUT2D eigenvalue weighted by Crippen LogP contribution is 2.26. The lowest BCUT2D eigenvalue weighted by molar-refractivity contribution is -0.0149. The van der Waals surface area contributed by atoms with Gasteiger partial charge in [0.05, 0.1) is 12.2 Å². The molecule has 0 spiro atoms. The van der Waals surface area contributed by atoms with Crippen LogP contribution in [-0.2, 0) is 4.74 Å². The average Bonchev–Trinajstić information content (AvgIpc) is 2.69. The summed E-state index contributed by atoms with van der Waals surface area (Å²) in [4.78, 5) is 2.23. The zero-order valence-corrected chi connectivity index (χ0v) is 10.5. The minimum atomic E-state index is 0.379. The molecule has 17 heavy (non-hydrogen) atoms. The number of nitrogens with one attached hydrogen (secondary N) is 1. The summed E-state index contributed by atoms with van der Waals surface area (Å²) < 4.78 is 5.80. The van der Waals surface area contributed by atoms with Crippen molar-refractivity contribution in [2.75, 3.05) is 18.4 Å². The number of nitrogens with zero attached hydrogens (tertiary/aromatic N) is 1. The molecule has 0 saturated carbocycles. The lowest BCUT2D eigenvalue weighted by Gasteiger charge is -2.34. The maximum atomic E-state index is 5.80. The third-order valence-electron chi connectivity index (χ3n) is 3.36. The van der Waals surface area contributed by atoms with Crippen LogP contribution < -0.4 is 5.32 Å². The van der Waals surface area contributed by atoms with Gasteiger partial charge in [-0.15, -0.1) is 0 Å². The molecule has 4 heteroatoms. The Balaban J connectivity index is 1.63. The van der Waals surface area contributed by atoms with Crippen LogP contribution in [-0.4, -0.2) is 35.3 Å². The molecule has 3 nitrogen and oxygen atoms in total. The number of thiocarbonyl (C=S) groups is 1. The molecule has 2 bridgehead atoms. The van der Waals surface area contributed by atoms with Crippen LogP contribution in [0, 0.1) is 0 Å². The van der Waals surface area contributed by atoms with Crippen molar-refractivity contribution in [1.29, 1.82) is 0 Å². The number of ether oxygens (including phenoxy) is 1. The molecule has 1 aromatic carbocycles. The minimum Gasteiger partial charge on any atom is -0.371 e. The van der Waals surface area contributed by atoms with Gasteiger partial charge in [0.15, 0.2) is 5.11 Å². The molecule has 0 aromatic heterocycles. The van der Waals surface area contributed by atoms with E-state index in [4.69, 9.17) is 17.0 Å². The van der Waals surface area contributed by atoms with E-state index in [-0.39, 0.29) is 0 Å². The summed E-state index contributed by atoms with van der Waals surface area (Å²) in [6, 6.07) is 10.1. The molecule has 0 radical (unpaired) electrons. The van der Waals surface area contributed by atoms with Gasteiger partial charge in [-0.05, 0) is 37.2 Å². The van der Waals surface area contributed by atoms with Crippen LogP contribution >= 0.6 is 12.2 Å². The summed E-state index contributed by atoms with van der Waals surface area (Å²) in [5.74, 6) is 0. The molecule has 0 amide bonds. The molecular formula is C13H16N2OS. The Labute approximate surface area is 107 Å². The number of fused-ring (bicyclic) bond motifs is 2. The van der Waals surface area contributed by atoms with Gasteiger partial charge < -0.3 is 15.0 Å². The first-order chi connectivity index (χ1) is 8.31. The van der Waals surface area contributed by atoms with Crippen LogP contribution in [0.25, 0.3) is 0 Å². The second kappa shape index (κ2) is 4.63. The van der Waals surface area contributed by atoms with Crippen molar-refractivity contribution in [2.45, 2.75) is 25.0 Å². The summed E-state index contributed by atoms with van der Waals surface area (Å²) in [7, 11) is 0. The summed E-state index contributed by atoms with van der Waals surface area (Å²) >= 11 is 5.45. The van der Waals surface area contributed by atoms with Crippen molar-refractivity contribution >= 4 is 23.0 Å². The number of para-hydroxylation sites is 1. The highest BCUT2D eigenvalue weighted by molar-refractivity contribution is 7.80. The van der Waals surface area contributed by atoms with Crippen LogP contribution in [0.2, 0.25) is 0 Å². The second-order valence-electron chi connectivity index (χ2n) is 4.66. The summed E-state index contributed by atoms with van der Waals surface area (Å²) in [5.41, 5.74) is 1.05. The fourth-order valence-corrected chi connectivity index (χ4v) is 2.77. The van der Waals surface area contributed by atoms with E-state index in [0.29, 0.717) is 12.2 Å². The molecule has 1 aromatic rings. The first-order valence-corrected chi connectivity index (χ1v) is 6.48. The molecule has 0 aliphatic carbocycles. The van der Waals surface area contributed by atoms with Gasteiger partial charge in [0.25, 0.3) is 0 Å². The second-order valence-corrected chi connectivity index (χ2v) is 5.05. The molecule has 3 rings (SSSR count). The molecule has 90 valence electrons. The van der Waals surface area contributed by atoms with Gasteiger partial charge in [0.2, 0.25) is 0 Å². The van der Waals surface area contributed by atoms with Gasteiger partial charge in [-0.2, -0.15) is 0 Å². The van der Waals surface area contributed by atoms with E-state index in [1.54, 1.807) is 0 Å². The molecule has 2 aliphatic rings. The fraction of sp³-hybridized carbons (Fsp3) is 0.462. The Morgan fingerprint density at radius 1 is 1.18 bits per heavy atom. The third-order valence-corrected chi connectivity index (χ3v) is 3.72. The highest BCUT2D eigenvalue weighted by atomic mass is 32.1. The van der Waals surface area contributed by atoms with Gasteiger partial charge >= 0.3 is 0 Å². The van der Waals surface area contributed by atoms with Crippen molar-refractivity contribution in [3.05, 3.63) is 30.3 Å². The predicted molar refractivity (Wildman–Crippen MR) is 72.1 cm³/mol. The summed E-state index contributed by atoms with van der Waals surface area (Å²) in [6.45, 7) is 1.85. The van der Waals surface area contributed by atoms with Crippen LogP contribution in [0.15, 0.2) is 30.3 Å². The van der Waals surface area contributed by atoms with Gasteiger partial charge in [-0.25, -0.2) is 0 Å². The van der Waals surface area contributed by atoms with Gasteiger partial charge in [0, 0.05) is 18.8 Å². The van der Waals surface area contributed by atoms with Crippen LogP contribution in [0.4, 0.5) is 5.69 Å². The van der Waals surface area contributed by atoms with Crippen molar-refractivity contribution in [3.8, 4) is 0 Å². The zero-order chi connectivity index (χ0) is 11.7. The first-order valence-electron chi connectivity index (χ1n) is 6.08. The standard InChI is InChI=1S/C13H16N2OS/c17-13(14-10-4-2-1-3-5-10)15-8-11-6-7-12(9-15)16-11/h1-5,11-12H,6-9H2,(H,14,17). The fourth-order valence-electron chi connectivity index (χ4n) is 2.50. The molecule has 2 fully saturated rings. The quantitative estimate of drug-likeness (QED) is 0.770. The third kappa shape index (κ3) is 2.42. The molecule has 1 N–H and O–H groups in total. The van der Waals surface area contributed by atoms with Crippen LogP contribution in [0.3, 0.4) is 0 Å². The summed E-state index contributed by atoms with van der Waals surface area (Å²) in [6.07, 6.45) is 3.11. The number of rotatable bonds is 1. The minimum absolute atomic E-state index is 0.379. The largest absolute Gasteiger partial charge is 0.371 e. The number of anilines is 1. The molecule has 2 aliphatic heterocycles. The SMILES string of the molecule is S=C(Nc1ccccc1)N1CC2CCC(C1)O2. The van der Waals surface area contributed by atoms with Gasteiger partial charge in [-0.1, -0.05) is 18.2 Å². The average molecular weight is 248 g/mol.